The molecule has 52 heavy (non-hydrogen) atoms. The summed E-state index contributed by atoms with van der Waals surface area (Å²) in [5, 5.41) is 9.40. The first-order valence-electron chi connectivity index (χ1n) is 17.1. The van der Waals surface area contributed by atoms with E-state index in [-0.39, 0.29) is 5.57 Å². The van der Waals surface area contributed by atoms with Crippen LogP contribution in [0.5, 0.6) is 0 Å². The van der Waals surface area contributed by atoms with Crippen LogP contribution in [0, 0.1) is 0 Å². The van der Waals surface area contributed by atoms with Crippen molar-refractivity contribution < 1.29 is 40.3 Å². The van der Waals surface area contributed by atoms with Gasteiger partial charge in [-0.1, -0.05) is 163 Å². The number of rotatable bonds is 10. The van der Waals surface area contributed by atoms with E-state index in [0.29, 0.717) is 20.7 Å². The number of aliphatic carboxylic acids is 1. The first-order valence-corrected chi connectivity index (χ1v) is 22.5. The van der Waals surface area contributed by atoms with E-state index < -0.39 is 71.9 Å². The lowest BCUT2D eigenvalue weighted by Gasteiger charge is -2.50. The van der Waals surface area contributed by atoms with Crippen LogP contribution in [-0.4, -0.2) is 59.1 Å². The van der Waals surface area contributed by atoms with E-state index in [1.165, 1.54) is 0 Å². The van der Waals surface area contributed by atoms with Crippen molar-refractivity contribution in [2.75, 3.05) is 0 Å². The van der Waals surface area contributed by atoms with Gasteiger partial charge in [0.25, 0.3) is 26.5 Å². The molecule has 0 radical (unpaired) electrons. The molecule has 0 unspecified atom stereocenters. The Bertz CT molecular complexity index is 1900. The highest BCUT2D eigenvalue weighted by Crippen LogP contribution is 2.45. The third-order valence-corrected chi connectivity index (χ3v) is 21.9. The van der Waals surface area contributed by atoms with E-state index in [1.54, 1.807) is 48.5 Å². The van der Waals surface area contributed by atoms with Crippen LogP contribution in [0.4, 0.5) is 13.2 Å². The van der Waals surface area contributed by atoms with Crippen LogP contribution < -0.4 is 20.7 Å². The number of hydrogen-bond donors (Lipinski definition) is 1. The minimum Gasteiger partial charge on any atom is -0.478 e. The molecule has 4 aromatic rings. The Balaban J connectivity index is 1.84. The molecule has 4 aromatic carbocycles. The number of carboxylic acids is 1. The van der Waals surface area contributed by atoms with E-state index in [0.717, 1.165) is 6.08 Å². The van der Waals surface area contributed by atoms with E-state index in [2.05, 4.69) is 0 Å². The van der Waals surface area contributed by atoms with Gasteiger partial charge in [-0.2, -0.15) is 13.2 Å². The monoisotopic (exact) mass is 766 g/mol. The number of carboxylic acid groups (broad SMARTS) is 1. The largest absolute Gasteiger partial charge is 0.497 e. The summed E-state index contributed by atoms with van der Waals surface area (Å²) in [7, 11) is -13.5. The molecule has 6 nitrogen and oxygen atoms in total. The molecule has 0 bridgehead atoms. The van der Waals surface area contributed by atoms with Gasteiger partial charge in [0.1, 0.15) is 5.25 Å². The Hall–Kier alpha value is -3.82. The maximum Gasteiger partial charge on any atom is 0.497 e. The average molecular weight is 767 g/mol. The van der Waals surface area contributed by atoms with Crippen LogP contribution in [0.25, 0.3) is 0 Å². The molecule has 276 valence electrons. The first kappa shape index (κ1) is 39.4. The van der Waals surface area contributed by atoms with Gasteiger partial charge >= 0.3 is 11.5 Å². The summed E-state index contributed by atoms with van der Waals surface area (Å²) in [5.74, 6) is -1.39. The molecule has 1 N–H and O–H groups in total. The fraction of sp³-hybridized carbons (Fsp3) is 0.325. The maximum atomic E-state index is 15.0. The molecule has 1 aliphatic carbocycles. The van der Waals surface area contributed by atoms with Gasteiger partial charge in [-0.15, -0.1) is 0 Å². The highest BCUT2D eigenvalue weighted by Gasteiger charge is 2.63. The van der Waals surface area contributed by atoms with E-state index in [1.807, 2.05) is 114 Å². The summed E-state index contributed by atoms with van der Waals surface area (Å²) >= 11 is 0. The molecule has 0 aliphatic heterocycles. The molecule has 0 heterocycles. The maximum absolute atomic E-state index is 15.0. The van der Waals surface area contributed by atoms with Crippen molar-refractivity contribution in [2.24, 2.45) is 0 Å². The third-order valence-electron chi connectivity index (χ3n) is 9.91. The van der Waals surface area contributed by atoms with Crippen molar-refractivity contribution in [1.29, 1.82) is 0 Å². The lowest BCUT2D eigenvalue weighted by molar-refractivity contribution is -0.133. The molecule has 0 saturated carbocycles. The van der Waals surface area contributed by atoms with Crippen molar-refractivity contribution in [1.82, 2.24) is 0 Å². The number of benzene rings is 4. The predicted octanol–water partition coefficient (Wildman–Crippen LogP) is 6.59. The SMILES string of the molecule is CC(C)(C)[Si](O[C@H]1CC(C(=O)O)=C[C@@H](O[Si](c2ccccc2)(c2ccccc2)C(C)(C)C)[C@H]1S(=O)(=O)C(F)(F)F)(c1ccccc1)c1ccccc1. The molecule has 3 atom stereocenters. The Kier molecular flexibility index (Phi) is 11.0. The lowest BCUT2D eigenvalue weighted by atomic mass is 9.94. The molecule has 12 heteroatoms. The Labute approximate surface area is 306 Å². The topological polar surface area (TPSA) is 89.9 Å². The van der Waals surface area contributed by atoms with Crippen molar-refractivity contribution in [3.05, 3.63) is 133 Å². The van der Waals surface area contributed by atoms with Crippen LogP contribution in [-0.2, 0) is 23.5 Å². The fourth-order valence-electron chi connectivity index (χ4n) is 7.62. The molecular formula is C40H45F3O6SSi2. The predicted molar refractivity (Wildman–Crippen MR) is 204 cm³/mol. The van der Waals surface area contributed by atoms with Crippen LogP contribution >= 0.6 is 0 Å². The average Bonchev–Trinajstić information content (AvgIpc) is 3.09. The van der Waals surface area contributed by atoms with Crippen molar-refractivity contribution in [3.8, 4) is 0 Å². The molecule has 5 rings (SSSR count). The van der Waals surface area contributed by atoms with Crippen molar-refractivity contribution in [2.45, 2.75) is 81.0 Å². The summed E-state index contributed by atoms with van der Waals surface area (Å²) in [4.78, 5) is 12.9. The number of carbonyl (C=O) groups is 1. The zero-order valence-electron chi connectivity index (χ0n) is 30.1. The summed E-state index contributed by atoms with van der Waals surface area (Å²) < 4.78 is 87.5. The van der Waals surface area contributed by atoms with Crippen molar-refractivity contribution >= 4 is 53.2 Å². The normalized spacial score (nSPS) is 19.2. The molecule has 0 fully saturated rings. The lowest BCUT2D eigenvalue weighted by Crippen LogP contribution is -2.72. The highest BCUT2D eigenvalue weighted by atomic mass is 32.2. The molecular weight excluding hydrogens is 722 g/mol. The second-order valence-corrected chi connectivity index (χ2v) is 25.8. The van der Waals surface area contributed by atoms with Gasteiger partial charge in [-0.3, -0.25) is 0 Å². The number of sulfone groups is 1. The first-order chi connectivity index (χ1) is 24.3. The van der Waals surface area contributed by atoms with Gasteiger partial charge in [0.05, 0.1) is 12.2 Å². The third kappa shape index (κ3) is 7.11. The Morgan fingerprint density at radius 3 is 1.25 bits per heavy atom. The second kappa shape index (κ2) is 14.5. The zero-order valence-corrected chi connectivity index (χ0v) is 32.9. The number of alkyl halides is 3. The van der Waals surface area contributed by atoms with Crippen molar-refractivity contribution in [3.63, 3.8) is 0 Å². The second-order valence-electron chi connectivity index (χ2n) is 15.2. The summed E-state index contributed by atoms with van der Waals surface area (Å²) in [6, 6.07) is 36.3. The van der Waals surface area contributed by atoms with E-state index in [4.69, 9.17) is 8.85 Å². The van der Waals surface area contributed by atoms with Crippen LogP contribution in [0.2, 0.25) is 10.1 Å². The quantitative estimate of drug-likeness (QED) is 0.183. The van der Waals surface area contributed by atoms with Gasteiger partial charge in [-0.25, -0.2) is 13.2 Å². The van der Waals surface area contributed by atoms with E-state index in [9.17, 15) is 18.3 Å². The smallest absolute Gasteiger partial charge is 0.478 e. The van der Waals surface area contributed by atoms with E-state index >= 15 is 13.2 Å². The highest BCUT2D eigenvalue weighted by molar-refractivity contribution is 7.93. The molecule has 0 amide bonds. The van der Waals surface area contributed by atoms with Gasteiger partial charge in [0.15, 0.2) is 0 Å². The Morgan fingerprint density at radius 1 is 0.635 bits per heavy atom. The molecule has 0 saturated heterocycles. The minimum atomic E-state index is -6.05. The van der Waals surface area contributed by atoms with Gasteiger partial charge in [0.2, 0.25) is 0 Å². The fourth-order valence-corrected chi connectivity index (χ4v) is 18.5. The molecule has 1 aliphatic rings. The Morgan fingerprint density at radius 2 is 0.962 bits per heavy atom. The minimum absolute atomic E-state index is 0.278. The van der Waals surface area contributed by atoms with Gasteiger partial charge in [-0.05, 0) is 36.9 Å². The standard InChI is InChI=1S/C40H45F3O6SSi2/c1-38(2,3)51(30-19-11-7-12-20-30,31-21-13-8-14-22-31)48-34-27-29(37(44)45)28-35(36(34)50(46,47)40(41,42)43)49-52(39(4,5)6,32-23-15-9-16-24-32)33-25-17-10-18-26-33/h7-27,34-36H,28H2,1-6H3,(H,44,45)/t34-,35+,36-/m1/s1. The summed E-state index contributed by atoms with van der Waals surface area (Å²) in [6.07, 6.45) is -3.11. The number of halogens is 3. The summed E-state index contributed by atoms with van der Waals surface area (Å²) in [6.45, 7) is 11.5. The zero-order chi connectivity index (χ0) is 38.2. The van der Waals surface area contributed by atoms with Crippen LogP contribution in [0.3, 0.4) is 0 Å². The summed E-state index contributed by atoms with van der Waals surface area (Å²) in [5.41, 5.74) is -5.98. The molecule has 0 aromatic heterocycles. The van der Waals surface area contributed by atoms with Crippen LogP contribution in [0.1, 0.15) is 48.0 Å². The number of hydrogen-bond acceptors (Lipinski definition) is 5. The van der Waals surface area contributed by atoms with Crippen LogP contribution in [0.15, 0.2) is 133 Å². The van der Waals surface area contributed by atoms with Gasteiger partial charge < -0.3 is 14.0 Å². The molecule has 0 spiro atoms. The van der Waals surface area contributed by atoms with Gasteiger partial charge in [0, 0.05) is 12.0 Å².